The van der Waals surface area contributed by atoms with Gasteiger partial charge >= 0.3 is 0 Å². The summed E-state index contributed by atoms with van der Waals surface area (Å²) in [6, 6.07) is 12.1. The van der Waals surface area contributed by atoms with Crippen molar-refractivity contribution in [3.8, 4) is 0 Å². The van der Waals surface area contributed by atoms with Gasteiger partial charge in [0.2, 0.25) is 10.0 Å². The minimum absolute atomic E-state index is 0.212. The molecule has 2 fully saturated rings. The van der Waals surface area contributed by atoms with Gasteiger partial charge in [0.25, 0.3) is 0 Å². The van der Waals surface area contributed by atoms with Crippen LogP contribution in [0, 0.1) is 0 Å². The van der Waals surface area contributed by atoms with Crippen LogP contribution in [-0.4, -0.2) is 84.3 Å². The lowest BCUT2D eigenvalue weighted by molar-refractivity contribution is 0.318. The molecule has 0 saturated carbocycles. The van der Waals surface area contributed by atoms with Gasteiger partial charge < -0.3 is 16.0 Å². The maximum Gasteiger partial charge on any atom is 0.211 e. The van der Waals surface area contributed by atoms with Gasteiger partial charge in [-0.3, -0.25) is 9.97 Å². The van der Waals surface area contributed by atoms with E-state index in [9.17, 15) is 8.42 Å². The van der Waals surface area contributed by atoms with Crippen LogP contribution in [-0.2, 0) is 23.1 Å². The molecule has 8 heterocycles. The van der Waals surface area contributed by atoms with Crippen molar-refractivity contribution in [2.75, 3.05) is 43.1 Å². The van der Waals surface area contributed by atoms with Crippen molar-refractivity contribution < 1.29 is 8.42 Å². The Labute approximate surface area is 319 Å². The fourth-order valence-corrected chi connectivity index (χ4v) is 8.14. The van der Waals surface area contributed by atoms with Crippen LogP contribution in [0.1, 0.15) is 60.0 Å². The molecule has 2 aliphatic rings. The van der Waals surface area contributed by atoms with Gasteiger partial charge in [-0.2, -0.15) is 19.2 Å². The molecule has 6 aromatic heterocycles. The molecule has 2 saturated heterocycles. The summed E-state index contributed by atoms with van der Waals surface area (Å²) in [6.45, 7) is 4.48. The summed E-state index contributed by atoms with van der Waals surface area (Å²) in [6.07, 6.45) is 15.8. The summed E-state index contributed by atoms with van der Waals surface area (Å²) in [5, 5.41) is 19.2. The lowest BCUT2D eigenvalue weighted by Gasteiger charge is -2.30. The first kappa shape index (κ1) is 36.3. The summed E-state index contributed by atoms with van der Waals surface area (Å²) < 4.78 is 30.4. The number of hydrogen-bond donors (Lipinski definition) is 3. The van der Waals surface area contributed by atoms with Gasteiger partial charge in [-0.1, -0.05) is 12.1 Å². The predicted octanol–water partition coefficient (Wildman–Crippen LogP) is 5.60. The standard InChI is InChI=1S/C18H21BrN6O2S.C17H19BrN6/c1-28(26,27)24-7-4-14(5-8-24)16-9-17(21-11-13-3-2-6-20-10-13)25-18(23-16)15(19)12-22-25;18-14-11-22-24-16(21-10-12-2-1-5-20-9-12)8-15(23-17(14)24)13-3-6-19-7-4-13/h2-3,6,9-10,12,14,21H,4-5,7-8,11H2,1H3;1-2,5,8-9,11,13,19,21H,3-4,6-7,10H2. The van der Waals surface area contributed by atoms with E-state index in [1.165, 1.54) is 6.26 Å². The quantitative estimate of drug-likeness (QED) is 0.166. The number of aromatic nitrogens is 8. The lowest BCUT2D eigenvalue weighted by atomic mass is 9.94. The highest BCUT2D eigenvalue weighted by molar-refractivity contribution is 9.11. The molecule has 0 bridgehead atoms. The predicted molar refractivity (Wildman–Crippen MR) is 208 cm³/mol. The minimum atomic E-state index is -3.14. The summed E-state index contributed by atoms with van der Waals surface area (Å²) in [4.78, 5) is 18.0. The monoisotopic (exact) mass is 850 g/mol. The molecule has 0 amide bonds. The molecule has 52 heavy (non-hydrogen) atoms. The van der Waals surface area contributed by atoms with Crippen LogP contribution in [0.2, 0.25) is 0 Å². The van der Waals surface area contributed by atoms with Crippen molar-refractivity contribution >= 4 is 64.8 Å². The molecule has 6 aromatic rings. The molecular formula is C35H40Br2N12O2S. The molecular weight excluding hydrogens is 812 g/mol. The van der Waals surface area contributed by atoms with E-state index in [0.29, 0.717) is 32.1 Å². The van der Waals surface area contributed by atoms with Crippen molar-refractivity contribution in [3.63, 3.8) is 0 Å². The van der Waals surface area contributed by atoms with E-state index in [2.05, 4.69) is 80.1 Å². The molecule has 0 spiro atoms. The third kappa shape index (κ3) is 8.60. The van der Waals surface area contributed by atoms with Gasteiger partial charge in [-0.25, -0.2) is 22.7 Å². The number of halogens is 2. The lowest BCUT2D eigenvalue weighted by Crippen LogP contribution is -2.37. The maximum atomic E-state index is 11.8. The first-order valence-electron chi connectivity index (χ1n) is 17.2. The van der Waals surface area contributed by atoms with Gasteiger partial charge in [-0.15, -0.1) is 0 Å². The van der Waals surface area contributed by atoms with Crippen LogP contribution in [0.25, 0.3) is 11.3 Å². The summed E-state index contributed by atoms with van der Waals surface area (Å²) in [5.41, 5.74) is 5.91. The van der Waals surface area contributed by atoms with Gasteiger partial charge in [0.15, 0.2) is 11.3 Å². The van der Waals surface area contributed by atoms with E-state index in [1.54, 1.807) is 33.6 Å². The Morgan fingerprint density at radius 1 is 0.750 bits per heavy atom. The maximum absolute atomic E-state index is 11.8. The zero-order chi connectivity index (χ0) is 36.1. The molecule has 3 N–H and O–H groups in total. The zero-order valence-electron chi connectivity index (χ0n) is 28.7. The van der Waals surface area contributed by atoms with Crippen LogP contribution in [0.3, 0.4) is 0 Å². The zero-order valence-corrected chi connectivity index (χ0v) is 32.6. The second kappa shape index (κ2) is 16.3. The van der Waals surface area contributed by atoms with Crippen molar-refractivity contribution in [2.24, 2.45) is 0 Å². The number of rotatable bonds is 9. The fraction of sp³-hybridized carbons (Fsp3) is 0.371. The highest BCUT2D eigenvalue weighted by Crippen LogP contribution is 2.32. The van der Waals surface area contributed by atoms with Crippen molar-refractivity contribution in [3.05, 3.63) is 105 Å². The van der Waals surface area contributed by atoms with Crippen LogP contribution in [0.15, 0.2) is 82.5 Å². The van der Waals surface area contributed by atoms with E-state index in [0.717, 1.165) is 93.2 Å². The van der Waals surface area contributed by atoms with Gasteiger partial charge in [0.1, 0.15) is 11.6 Å². The minimum Gasteiger partial charge on any atom is -0.366 e. The number of nitrogens with zero attached hydrogens (tertiary/aromatic N) is 9. The Morgan fingerprint density at radius 2 is 1.23 bits per heavy atom. The molecule has 0 aliphatic carbocycles. The van der Waals surface area contributed by atoms with Gasteiger partial charge in [-0.05, 0) is 93.9 Å². The molecule has 0 radical (unpaired) electrons. The Bertz CT molecular complexity index is 2220. The first-order chi connectivity index (χ1) is 25.2. The van der Waals surface area contributed by atoms with Gasteiger partial charge in [0.05, 0.1) is 27.6 Å². The van der Waals surface area contributed by atoms with Crippen molar-refractivity contribution in [2.45, 2.75) is 50.6 Å². The largest absolute Gasteiger partial charge is 0.366 e. The molecule has 8 rings (SSSR count). The molecule has 272 valence electrons. The number of hydrogen-bond acceptors (Lipinski definition) is 11. The van der Waals surface area contributed by atoms with E-state index in [1.807, 2.05) is 41.2 Å². The number of fused-ring (bicyclic) bond motifs is 2. The van der Waals surface area contributed by atoms with E-state index in [-0.39, 0.29) is 5.92 Å². The van der Waals surface area contributed by atoms with Crippen LogP contribution in [0.4, 0.5) is 11.6 Å². The highest BCUT2D eigenvalue weighted by Gasteiger charge is 2.27. The van der Waals surface area contributed by atoms with E-state index < -0.39 is 10.0 Å². The fourth-order valence-electron chi connectivity index (χ4n) is 6.57. The number of anilines is 2. The summed E-state index contributed by atoms with van der Waals surface area (Å²) >= 11 is 7.08. The Kier molecular flexibility index (Phi) is 11.4. The van der Waals surface area contributed by atoms with E-state index >= 15 is 0 Å². The topological polar surface area (TPSA) is 160 Å². The van der Waals surface area contributed by atoms with Crippen molar-refractivity contribution in [1.29, 1.82) is 0 Å². The normalized spacial score (nSPS) is 16.1. The third-order valence-electron chi connectivity index (χ3n) is 9.39. The third-order valence-corrected chi connectivity index (χ3v) is 11.8. The van der Waals surface area contributed by atoms with Crippen LogP contribution in [0.5, 0.6) is 0 Å². The number of nitrogens with one attached hydrogen (secondary N) is 3. The SMILES string of the molecule is Brc1cnn2c(NCc3cccnc3)cc(C3CCNCC3)nc12.CS(=O)(=O)N1CCC(c2cc(NCc3cccnc3)n3ncc(Br)c3n2)CC1. The average Bonchev–Trinajstić information content (AvgIpc) is 3.75. The molecule has 0 atom stereocenters. The average molecular weight is 853 g/mol. The Balaban J connectivity index is 0.000000164. The molecule has 2 aliphatic heterocycles. The summed E-state index contributed by atoms with van der Waals surface area (Å²) in [5.74, 6) is 2.52. The molecule has 17 heteroatoms. The smallest absolute Gasteiger partial charge is 0.211 e. The number of piperidine rings is 2. The Morgan fingerprint density at radius 3 is 1.67 bits per heavy atom. The molecule has 0 unspecified atom stereocenters. The number of pyridine rings is 2. The van der Waals surface area contributed by atoms with E-state index in [4.69, 9.17) is 9.97 Å². The second-order valence-corrected chi connectivity index (χ2v) is 16.7. The molecule has 0 aromatic carbocycles. The van der Waals surface area contributed by atoms with Crippen LogP contribution >= 0.6 is 31.9 Å². The van der Waals surface area contributed by atoms with Crippen LogP contribution < -0.4 is 16.0 Å². The summed E-state index contributed by atoms with van der Waals surface area (Å²) in [7, 11) is -3.14. The van der Waals surface area contributed by atoms with Gasteiger partial charge in [0, 0.05) is 86.3 Å². The second-order valence-electron chi connectivity index (χ2n) is 13.0. The first-order valence-corrected chi connectivity index (χ1v) is 20.7. The Hall–Kier alpha value is -4.03. The van der Waals surface area contributed by atoms with Crippen molar-refractivity contribution in [1.82, 2.24) is 48.8 Å². The number of sulfonamides is 1. The molecule has 14 nitrogen and oxygen atoms in total. The highest BCUT2D eigenvalue weighted by atomic mass is 79.9.